The molecule has 0 aliphatic rings. The van der Waals surface area contributed by atoms with Crippen LogP contribution >= 0.6 is 0 Å². The van der Waals surface area contributed by atoms with Gasteiger partial charge in [-0.1, -0.05) is 42.0 Å². The highest BCUT2D eigenvalue weighted by Crippen LogP contribution is 2.20. The zero-order valence-corrected chi connectivity index (χ0v) is 17.6. The van der Waals surface area contributed by atoms with Crippen molar-refractivity contribution in [3.63, 3.8) is 0 Å². The summed E-state index contributed by atoms with van der Waals surface area (Å²) in [5.41, 5.74) is 4.22. The third kappa shape index (κ3) is 6.49. The Labute approximate surface area is 181 Å². The molecule has 3 rings (SSSR count). The van der Waals surface area contributed by atoms with Crippen LogP contribution in [-0.4, -0.2) is 25.5 Å². The molecule has 3 aromatic rings. The van der Waals surface area contributed by atoms with E-state index in [0.717, 1.165) is 22.4 Å². The maximum absolute atomic E-state index is 13.0. The zero-order chi connectivity index (χ0) is 22.2. The summed E-state index contributed by atoms with van der Waals surface area (Å²) in [5, 5.41) is 2.74. The summed E-state index contributed by atoms with van der Waals surface area (Å²) in [6, 6.07) is 20.9. The lowest BCUT2D eigenvalue weighted by atomic mass is 10.1. The molecule has 0 aromatic heterocycles. The summed E-state index contributed by atoms with van der Waals surface area (Å²) in [6.45, 7) is 2.42. The Hall–Kier alpha value is -3.51. The van der Waals surface area contributed by atoms with E-state index in [-0.39, 0.29) is 30.7 Å². The first-order valence-corrected chi connectivity index (χ1v) is 9.94. The number of hydrogen-bond acceptors (Lipinski definition) is 3. The van der Waals surface area contributed by atoms with Crippen molar-refractivity contribution >= 4 is 23.2 Å². The van der Waals surface area contributed by atoms with E-state index in [2.05, 4.69) is 5.32 Å². The number of halogens is 1. The average molecular weight is 420 g/mol. The fraction of sp³-hybridized carbons (Fsp3) is 0.200. The van der Waals surface area contributed by atoms with Gasteiger partial charge in [0.25, 0.3) is 5.91 Å². The van der Waals surface area contributed by atoms with E-state index in [1.807, 2.05) is 55.5 Å². The number of rotatable bonds is 8. The Morgan fingerprint density at radius 1 is 0.968 bits per heavy atom. The SMILES string of the molecule is COCC(=O)N(Cc1cccc(C)c1)c1ccc(CC(=O)Nc2ccc(F)cc2)cc1. The molecule has 0 saturated carbocycles. The van der Waals surface area contributed by atoms with Crippen LogP contribution in [0, 0.1) is 12.7 Å². The van der Waals surface area contributed by atoms with Crippen molar-refractivity contribution in [2.24, 2.45) is 0 Å². The first kappa shape index (κ1) is 22.2. The monoisotopic (exact) mass is 420 g/mol. The van der Waals surface area contributed by atoms with Crippen molar-refractivity contribution < 1.29 is 18.7 Å². The highest BCUT2D eigenvalue weighted by Gasteiger charge is 2.16. The Kier molecular flexibility index (Phi) is 7.51. The van der Waals surface area contributed by atoms with Crippen molar-refractivity contribution in [1.29, 1.82) is 0 Å². The molecular formula is C25H25FN2O3. The van der Waals surface area contributed by atoms with Gasteiger partial charge in [-0.2, -0.15) is 0 Å². The number of hydrogen-bond donors (Lipinski definition) is 1. The van der Waals surface area contributed by atoms with E-state index in [1.54, 1.807) is 4.90 Å². The van der Waals surface area contributed by atoms with Crippen LogP contribution < -0.4 is 10.2 Å². The maximum Gasteiger partial charge on any atom is 0.253 e. The highest BCUT2D eigenvalue weighted by molar-refractivity contribution is 5.94. The molecule has 0 bridgehead atoms. The molecule has 0 spiro atoms. The highest BCUT2D eigenvalue weighted by atomic mass is 19.1. The van der Waals surface area contributed by atoms with Gasteiger partial charge in [-0.15, -0.1) is 0 Å². The lowest BCUT2D eigenvalue weighted by Gasteiger charge is -2.23. The molecule has 0 heterocycles. The largest absolute Gasteiger partial charge is 0.375 e. The molecular weight excluding hydrogens is 395 g/mol. The van der Waals surface area contributed by atoms with Gasteiger partial charge in [0.2, 0.25) is 5.91 Å². The van der Waals surface area contributed by atoms with Crippen LogP contribution in [-0.2, 0) is 27.3 Å². The van der Waals surface area contributed by atoms with Crippen LogP contribution in [0.4, 0.5) is 15.8 Å². The van der Waals surface area contributed by atoms with Crippen molar-refractivity contribution in [3.05, 3.63) is 95.3 Å². The summed E-state index contributed by atoms with van der Waals surface area (Å²) < 4.78 is 18.0. The maximum atomic E-state index is 13.0. The normalized spacial score (nSPS) is 10.5. The molecule has 0 atom stereocenters. The molecule has 0 unspecified atom stereocenters. The minimum atomic E-state index is -0.355. The third-order valence-electron chi connectivity index (χ3n) is 4.73. The number of methoxy groups -OCH3 is 1. The van der Waals surface area contributed by atoms with Crippen molar-refractivity contribution in [2.75, 3.05) is 23.9 Å². The minimum Gasteiger partial charge on any atom is -0.375 e. The second kappa shape index (κ2) is 10.5. The number of benzene rings is 3. The van der Waals surface area contributed by atoms with Gasteiger partial charge in [-0.05, 0) is 54.4 Å². The molecule has 0 saturated heterocycles. The molecule has 2 amide bonds. The second-order valence-electron chi connectivity index (χ2n) is 7.30. The molecule has 5 nitrogen and oxygen atoms in total. The first-order chi connectivity index (χ1) is 14.9. The van der Waals surface area contributed by atoms with E-state index in [1.165, 1.54) is 31.4 Å². The molecule has 0 radical (unpaired) electrons. The number of anilines is 2. The zero-order valence-electron chi connectivity index (χ0n) is 17.6. The predicted octanol–water partition coefficient (Wildman–Crippen LogP) is 4.49. The van der Waals surface area contributed by atoms with E-state index in [0.29, 0.717) is 12.2 Å². The Balaban J connectivity index is 1.70. The standard InChI is InChI=1S/C25H25FN2O3/c1-18-4-3-5-20(14-18)16-28(25(30)17-31-2)23-12-6-19(7-13-23)15-24(29)27-22-10-8-21(26)9-11-22/h3-14H,15-17H2,1-2H3,(H,27,29). The fourth-order valence-electron chi connectivity index (χ4n) is 3.24. The van der Waals surface area contributed by atoms with E-state index >= 15 is 0 Å². The van der Waals surface area contributed by atoms with E-state index < -0.39 is 0 Å². The molecule has 31 heavy (non-hydrogen) atoms. The van der Waals surface area contributed by atoms with Gasteiger partial charge in [-0.25, -0.2) is 4.39 Å². The van der Waals surface area contributed by atoms with Crippen LogP contribution in [0.25, 0.3) is 0 Å². The van der Waals surface area contributed by atoms with Crippen LogP contribution in [0.3, 0.4) is 0 Å². The smallest absolute Gasteiger partial charge is 0.253 e. The molecule has 0 aliphatic carbocycles. The third-order valence-corrected chi connectivity index (χ3v) is 4.73. The number of amides is 2. The summed E-state index contributed by atoms with van der Waals surface area (Å²) >= 11 is 0. The fourth-order valence-corrected chi connectivity index (χ4v) is 3.24. The van der Waals surface area contributed by atoms with E-state index in [9.17, 15) is 14.0 Å². The number of aryl methyl sites for hydroxylation is 1. The quantitative estimate of drug-likeness (QED) is 0.584. The topological polar surface area (TPSA) is 58.6 Å². The van der Waals surface area contributed by atoms with Gasteiger partial charge in [0.15, 0.2) is 0 Å². The number of nitrogens with one attached hydrogen (secondary N) is 1. The van der Waals surface area contributed by atoms with Crippen LogP contribution in [0.1, 0.15) is 16.7 Å². The molecule has 0 fully saturated rings. The summed E-state index contributed by atoms with van der Waals surface area (Å²) in [5.74, 6) is -0.705. The van der Waals surface area contributed by atoms with Crippen molar-refractivity contribution in [2.45, 2.75) is 19.9 Å². The van der Waals surface area contributed by atoms with Crippen LogP contribution in [0.2, 0.25) is 0 Å². The Morgan fingerprint density at radius 3 is 2.32 bits per heavy atom. The number of ether oxygens (including phenoxy) is 1. The lowest BCUT2D eigenvalue weighted by Crippen LogP contribution is -2.33. The minimum absolute atomic E-state index is 0.0202. The van der Waals surface area contributed by atoms with Gasteiger partial charge in [0, 0.05) is 18.5 Å². The van der Waals surface area contributed by atoms with Gasteiger partial charge in [-0.3, -0.25) is 9.59 Å². The van der Waals surface area contributed by atoms with Crippen LogP contribution in [0.15, 0.2) is 72.8 Å². The number of carbonyl (C=O) groups is 2. The first-order valence-electron chi connectivity index (χ1n) is 9.94. The number of nitrogens with zero attached hydrogens (tertiary/aromatic N) is 1. The van der Waals surface area contributed by atoms with Gasteiger partial charge < -0.3 is 15.0 Å². The molecule has 0 aliphatic heterocycles. The van der Waals surface area contributed by atoms with Crippen LogP contribution in [0.5, 0.6) is 0 Å². The molecule has 6 heteroatoms. The number of carbonyl (C=O) groups excluding carboxylic acids is 2. The summed E-state index contributed by atoms with van der Waals surface area (Å²) in [6.07, 6.45) is 0.168. The lowest BCUT2D eigenvalue weighted by molar-refractivity contribution is -0.122. The van der Waals surface area contributed by atoms with Crippen molar-refractivity contribution in [3.8, 4) is 0 Å². The Bertz CT molecular complexity index is 1030. The Morgan fingerprint density at radius 2 is 1.68 bits per heavy atom. The molecule has 3 aromatic carbocycles. The van der Waals surface area contributed by atoms with Gasteiger partial charge in [0.05, 0.1) is 13.0 Å². The molecule has 1 N–H and O–H groups in total. The average Bonchev–Trinajstić information content (AvgIpc) is 2.74. The summed E-state index contributed by atoms with van der Waals surface area (Å²) in [4.78, 5) is 26.6. The van der Waals surface area contributed by atoms with Crippen molar-refractivity contribution in [1.82, 2.24) is 0 Å². The van der Waals surface area contributed by atoms with E-state index in [4.69, 9.17) is 4.74 Å². The molecule has 160 valence electrons. The summed E-state index contributed by atoms with van der Waals surface area (Å²) in [7, 11) is 1.49. The van der Waals surface area contributed by atoms with Gasteiger partial charge in [0.1, 0.15) is 12.4 Å². The predicted molar refractivity (Wildman–Crippen MR) is 119 cm³/mol. The second-order valence-corrected chi connectivity index (χ2v) is 7.30. The van der Waals surface area contributed by atoms with Gasteiger partial charge >= 0.3 is 0 Å².